The van der Waals surface area contributed by atoms with Crippen molar-refractivity contribution < 1.29 is 17.5 Å². The monoisotopic (exact) mass is 575 g/mol. The Kier molecular flexibility index (Phi) is 8.75. The summed E-state index contributed by atoms with van der Waals surface area (Å²) in [7, 11) is -9.34. The van der Waals surface area contributed by atoms with E-state index in [1.165, 1.54) is 19.1 Å². The molecule has 5 nitrogen and oxygen atoms in total. The summed E-state index contributed by atoms with van der Waals surface area (Å²) in [6.45, 7) is 0.317. The van der Waals surface area contributed by atoms with Gasteiger partial charge in [-0.1, -0.05) is 99.2 Å². The van der Waals surface area contributed by atoms with Gasteiger partial charge in [0, 0.05) is 46.3 Å². The summed E-state index contributed by atoms with van der Waals surface area (Å²) in [5.41, 5.74) is 0.313. The van der Waals surface area contributed by atoms with Crippen LogP contribution in [0.1, 0.15) is 70.6 Å². The normalized spacial score (nSPS) is 25.0. The average molecular weight is 576 g/mol. The quantitative estimate of drug-likeness (QED) is 0.340. The lowest BCUT2D eigenvalue weighted by molar-refractivity contribution is 0.411. The van der Waals surface area contributed by atoms with Crippen LogP contribution in [0.4, 0.5) is 0 Å². The van der Waals surface area contributed by atoms with E-state index in [0.29, 0.717) is 13.0 Å². The van der Waals surface area contributed by atoms with Crippen LogP contribution < -0.4 is 10.6 Å². The molecule has 2 saturated carbocycles. The van der Waals surface area contributed by atoms with E-state index in [2.05, 4.69) is 0 Å². The Bertz CT molecular complexity index is 1210. The summed E-state index contributed by atoms with van der Waals surface area (Å²) >= 11 is 0. The largest absolute Gasteiger partial charge is 0.323 e. The summed E-state index contributed by atoms with van der Waals surface area (Å²) in [5.74, 6) is 0. The van der Waals surface area contributed by atoms with E-state index in [4.69, 9.17) is 0 Å². The number of rotatable bonds is 8. The van der Waals surface area contributed by atoms with Crippen LogP contribution in [-0.4, -0.2) is 54.7 Å². The number of hydrogen-bond acceptors (Lipinski definition) is 4. The van der Waals surface area contributed by atoms with Gasteiger partial charge < -0.3 is 9.13 Å². The second-order valence-electron chi connectivity index (χ2n) is 11.8. The second-order valence-corrected chi connectivity index (χ2v) is 20.3. The minimum Gasteiger partial charge on any atom is -0.323 e. The fraction of sp³-hybridized carbons (Fsp3) is 0.600. The molecular weight excluding hydrogens is 532 g/mol. The molecule has 1 saturated heterocycles. The fourth-order valence-corrected chi connectivity index (χ4v) is 17.1. The van der Waals surface area contributed by atoms with Gasteiger partial charge in [-0.3, -0.25) is 0 Å². The first-order valence-corrected chi connectivity index (χ1v) is 20.1. The predicted octanol–water partition coefficient (Wildman–Crippen LogP) is 6.43. The van der Waals surface area contributed by atoms with Crippen LogP contribution in [0.2, 0.25) is 0 Å². The summed E-state index contributed by atoms with van der Waals surface area (Å²) in [6.07, 6.45) is 13.1. The molecule has 0 bridgehead atoms. The number of nitrogens with zero attached hydrogens (tertiary/aromatic N) is 1. The summed E-state index contributed by atoms with van der Waals surface area (Å²) in [4.78, 5) is 0. The molecule has 3 aliphatic rings. The van der Waals surface area contributed by atoms with Crippen molar-refractivity contribution in [3.05, 3.63) is 60.7 Å². The Morgan fingerprint density at radius 1 is 0.711 bits per heavy atom. The van der Waals surface area contributed by atoms with Gasteiger partial charge in [-0.05, 0) is 32.1 Å². The Morgan fingerprint density at radius 3 is 1.58 bits per heavy atom. The summed E-state index contributed by atoms with van der Waals surface area (Å²) in [5, 5.41) is 1.51. The van der Waals surface area contributed by atoms with Crippen molar-refractivity contribution in [3.8, 4) is 0 Å². The smallest absolute Gasteiger partial charge is 0.211 e. The van der Waals surface area contributed by atoms with Crippen LogP contribution in [0.15, 0.2) is 60.7 Å². The van der Waals surface area contributed by atoms with Gasteiger partial charge in [0.2, 0.25) is 10.0 Å². The van der Waals surface area contributed by atoms with Crippen LogP contribution in [0, 0.1) is 0 Å². The summed E-state index contributed by atoms with van der Waals surface area (Å²) < 4.78 is 58.2. The van der Waals surface area contributed by atoms with E-state index >= 15 is 4.57 Å². The molecule has 2 atom stereocenters. The molecule has 1 heterocycles. The van der Waals surface area contributed by atoms with Crippen molar-refractivity contribution in [1.29, 1.82) is 0 Å². The standard InChI is InChI=1S/C30H43NO4P2S/c1-38(34,35)31-23-30(37(33,28-18-10-4-11-19-28)29-20-12-5-13-21-29)22-25(31)24-36(32,26-14-6-2-7-15-26)27-16-8-3-9-17-27/h2-3,6-9,14-17,25,28-30H,4-5,10-13,18-24H2,1H3/t25-,30-/m0/s1. The molecule has 0 radical (unpaired) electrons. The third kappa shape index (κ3) is 5.67. The van der Waals surface area contributed by atoms with Gasteiger partial charge in [-0.15, -0.1) is 0 Å². The number of sulfonamides is 1. The Hall–Kier alpha value is -1.19. The molecule has 2 aliphatic carbocycles. The maximum Gasteiger partial charge on any atom is 0.211 e. The molecule has 1 aliphatic heterocycles. The predicted molar refractivity (Wildman–Crippen MR) is 160 cm³/mol. The van der Waals surface area contributed by atoms with Crippen molar-refractivity contribution in [2.24, 2.45) is 0 Å². The topological polar surface area (TPSA) is 71.5 Å². The van der Waals surface area contributed by atoms with Gasteiger partial charge in [-0.2, -0.15) is 4.31 Å². The Morgan fingerprint density at radius 2 is 1.16 bits per heavy atom. The van der Waals surface area contributed by atoms with E-state index < -0.39 is 30.3 Å². The molecule has 208 valence electrons. The first kappa shape index (κ1) is 28.3. The number of benzene rings is 2. The van der Waals surface area contributed by atoms with Gasteiger partial charge in [-0.25, -0.2) is 8.42 Å². The van der Waals surface area contributed by atoms with E-state index in [1.54, 1.807) is 4.31 Å². The van der Waals surface area contributed by atoms with Crippen molar-refractivity contribution in [3.63, 3.8) is 0 Å². The van der Waals surface area contributed by atoms with E-state index in [9.17, 15) is 13.0 Å². The Labute approximate surface area is 229 Å². The molecule has 0 amide bonds. The minimum absolute atomic E-state index is 0.131. The zero-order valence-electron chi connectivity index (χ0n) is 22.7. The lowest BCUT2D eigenvalue weighted by Crippen LogP contribution is -2.39. The number of hydrogen-bond donors (Lipinski definition) is 0. The molecule has 0 spiro atoms. The zero-order chi connectivity index (χ0) is 26.8. The zero-order valence-corrected chi connectivity index (χ0v) is 25.3. The Balaban J connectivity index is 1.53. The molecule has 2 aromatic carbocycles. The third-order valence-corrected chi connectivity index (χ3v) is 18.8. The first-order valence-electron chi connectivity index (χ1n) is 14.5. The fourth-order valence-electron chi connectivity index (χ4n) is 7.58. The molecule has 0 unspecified atom stereocenters. The van der Waals surface area contributed by atoms with Crippen LogP contribution in [0.25, 0.3) is 0 Å². The van der Waals surface area contributed by atoms with Crippen LogP contribution >= 0.6 is 14.3 Å². The molecule has 0 N–H and O–H groups in total. The van der Waals surface area contributed by atoms with Crippen molar-refractivity contribution in [2.45, 2.75) is 93.6 Å². The highest BCUT2D eigenvalue weighted by atomic mass is 32.2. The van der Waals surface area contributed by atoms with Crippen molar-refractivity contribution >= 4 is 34.9 Å². The molecule has 38 heavy (non-hydrogen) atoms. The summed E-state index contributed by atoms with van der Waals surface area (Å²) in [6, 6.07) is 18.6. The van der Waals surface area contributed by atoms with E-state index in [-0.39, 0.29) is 23.1 Å². The molecular formula is C30H43NO4P2S. The minimum atomic E-state index is -3.55. The highest BCUT2D eigenvalue weighted by Crippen LogP contribution is 2.68. The van der Waals surface area contributed by atoms with Crippen LogP contribution in [0.5, 0.6) is 0 Å². The van der Waals surface area contributed by atoms with Gasteiger partial charge in [0.05, 0.1) is 13.4 Å². The third-order valence-electron chi connectivity index (χ3n) is 9.44. The van der Waals surface area contributed by atoms with Crippen LogP contribution in [-0.2, 0) is 19.2 Å². The maximum absolute atomic E-state index is 15.4. The van der Waals surface area contributed by atoms with Crippen molar-refractivity contribution in [1.82, 2.24) is 4.31 Å². The molecule has 2 aromatic rings. The van der Waals surface area contributed by atoms with E-state index in [0.717, 1.165) is 62.0 Å². The maximum atomic E-state index is 15.4. The molecule has 8 heteroatoms. The second kappa shape index (κ2) is 11.7. The van der Waals surface area contributed by atoms with Gasteiger partial charge >= 0.3 is 0 Å². The highest BCUT2D eigenvalue weighted by Gasteiger charge is 2.53. The van der Waals surface area contributed by atoms with Gasteiger partial charge in [0.15, 0.2) is 0 Å². The van der Waals surface area contributed by atoms with Gasteiger partial charge in [0.1, 0.15) is 7.14 Å². The molecule has 5 rings (SSSR count). The SMILES string of the molecule is CS(=O)(=O)N1C[C@@H](P(=O)(C2CCCCC2)C2CCCCC2)C[C@H]1CP(=O)(c1ccccc1)c1ccccc1. The molecule has 3 fully saturated rings. The average Bonchev–Trinajstić information content (AvgIpc) is 3.39. The first-order chi connectivity index (χ1) is 18.2. The van der Waals surface area contributed by atoms with Crippen LogP contribution in [0.3, 0.4) is 0 Å². The lowest BCUT2D eigenvalue weighted by Gasteiger charge is -2.41. The van der Waals surface area contributed by atoms with E-state index in [1.807, 2.05) is 60.7 Å². The lowest BCUT2D eigenvalue weighted by atomic mass is 9.99. The van der Waals surface area contributed by atoms with Crippen molar-refractivity contribution in [2.75, 3.05) is 19.0 Å². The molecule has 0 aromatic heterocycles. The van der Waals surface area contributed by atoms with Gasteiger partial charge in [0.25, 0.3) is 0 Å². The highest BCUT2D eigenvalue weighted by molar-refractivity contribution is 7.88.